The van der Waals surface area contributed by atoms with E-state index in [1.54, 1.807) is 0 Å². The van der Waals surface area contributed by atoms with E-state index in [0.717, 1.165) is 24.2 Å². The Bertz CT molecular complexity index is 382. The van der Waals surface area contributed by atoms with Crippen molar-refractivity contribution in [3.63, 3.8) is 0 Å². The van der Waals surface area contributed by atoms with Crippen LogP contribution in [-0.2, 0) is 9.59 Å². The van der Waals surface area contributed by atoms with Crippen LogP contribution >= 0.6 is 0 Å². The molecule has 3 amide bonds. The van der Waals surface area contributed by atoms with Gasteiger partial charge in [-0.1, -0.05) is 19.8 Å². The minimum absolute atomic E-state index is 0.0616. The molecule has 0 aromatic heterocycles. The van der Waals surface area contributed by atoms with Gasteiger partial charge in [-0.15, -0.1) is 0 Å². The molecule has 6 heteroatoms. The molecular formula is C11H16N2O4. The van der Waals surface area contributed by atoms with Crippen molar-refractivity contribution in [2.75, 3.05) is 6.54 Å². The van der Waals surface area contributed by atoms with Crippen LogP contribution in [0.25, 0.3) is 0 Å². The van der Waals surface area contributed by atoms with Crippen molar-refractivity contribution in [1.29, 1.82) is 0 Å². The van der Waals surface area contributed by atoms with Crippen LogP contribution in [0.2, 0.25) is 0 Å². The number of carboxylic acids is 1. The maximum Gasteiger partial charge on any atom is 0.325 e. The number of rotatable bonds is 2. The summed E-state index contributed by atoms with van der Waals surface area (Å²) in [5, 5.41) is 11.4. The fraction of sp³-hybridized carbons (Fsp3) is 0.727. The van der Waals surface area contributed by atoms with E-state index in [9.17, 15) is 14.4 Å². The number of hydrogen-bond acceptors (Lipinski definition) is 3. The number of amides is 3. The van der Waals surface area contributed by atoms with Crippen LogP contribution in [0.1, 0.15) is 32.6 Å². The van der Waals surface area contributed by atoms with Gasteiger partial charge in [-0.2, -0.15) is 0 Å². The van der Waals surface area contributed by atoms with E-state index in [1.807, 2.05) is 6.92 Å². The van der Waals surface area contributed by atoms with Gasteiger partial charge in [0.15, 0.2) is 0 Å². The molecule has 94 valence electrons. The zero-order valence-corrected chi connectivity index (χ0v) is 9.73. The highest BCUT2D eigenvalue weighted by Gasteiger charge is 2.55. The Hall–Kier alpha value is -1.59. The Labute approximate surface area is 99.0 Å². The topological polar surface area (TPSA) is 86.7 Å². The third-order valence-corrected chi connectivity index (χ3v) is 3.79. The molecule has 2 atom stereocenters. The summed E-state index contributed by atoms with van der Waals surface area (Å²) in [5.41, 5.74) is -0.856. The quantitative estimate of drug-likeness (QED) is 0.691. The van der Waals surface area contributed by atoms with E-state index >= 15 is 0 Å². The molecule has 1 saturated heterocycles. The second-order valence-electron chi connectivity index (χ2n) is 4.83. The summed E-state index contributed by atoms with van der Waals surface area (Å²) in [6, 6.07) is -0.578. The molecule has 0 bridgehead atoms. The first kappa shape index (κ1) is 11.9. The first-order valence-corrected chi connectivity index (χ1v) is 5.83. The molecule has 17 heavy (non-hydrogen) atoms. The zero-order valence-electron chi connectivity index (χ0n) is 9.73. The summed E-state index contributed by atoms with van der Waals surface area (Å²) in [5.74, 6) is -1.49. The van der Waals surface area contributed by atoms with Crippen LogP contribution in [0.5, 0.6) is 0 Å². The van der Waals surface area contributed by atoms with E-state index in [2.05, 4.69) is 5.32 Å². The molecule has 1 aliphatic heterocycles. The number of carbonyl (C=O) groups excluding carboxylic acids is 2. The van der Waals surface area contributed by atoms with Crippen LogP contribution in [-0.4, -0.2) is 40.0 Å². The molecule has 2 aliphatic rings. The summed E-state index contributed by atoms with van der Waals surface area (Å²) in [4.78, 5) is 35.3. The maximum atomic E-state index is 12.2. The number of urea groups is 1. The van der Waals surface area contributed by atoms with Gasteiger partial charge < -0.3 is 10.4 Å². The molecule has 1 heterocycles. The number of hydrogen-bond donors (Lipinski definition) is 2. The van der Waals surface area contributed by atoms with Gasteiger partial charge in [-0.05, 0) is 18.8 Å². The highest BCUT2D eigenvalue weighted by Crippen LogP contribution is 2.37. The van der Waals surface area contributed by atoms with E-state index in [0.29, 0.717) is 6.42 Å². The number of carboxylic acid groups (broad SMARTS) is 1. The summed E-state index contributed by atoms with van der Waals surface area (Å²) in [6.45, 7) is 1.38. The number of nitrogens with zero attached hydrogens (tertiary/aromatic N) is 1. The molecule has 0 aromatic carbocycles. The molecule has 0 radical (unpaired) electrons. The van der Waals surface area contributed by atoms with Gasteiger partial charge in [0, 0.05) is 0 Å². The largest absolute Gasteiger partial charge is 0.480 e. The van der Waals surface area contributed by atoms with Gasteiger partial charge in [-0.25, -0.2) is 4.79 Å². The number of imide groups is 1. The Kier molecular flexibility index (Phi) is 2.81. The van der Waals surface area contributed by atoms with Crippen molar-refractivity contribution < 1.29 is 19.5 Å². The molecule has 2 N–H and O–H groups in total. The van der Waals surface area contributed by atoms with Crippen molar-refractivity contribution in [1.82, 2.24) is 10.2 Å². The zero-order chi connectivity index (χ0) is 12.6. The van der Waals surface area contributed by atoms with Crippen molar-refractivity contribution >= 4 is 17.9 Å². The Morgan fingerprint density at radius 1 is 1.53 bits per heavy atom. The highest BCUT2D eigenvalue weighted by atomic mass is 16.4. The normalized spacial score (nSPS) is 33.0. The number of aliphatic carboxylic acids is 1. The molecule has 1 aliphatic carbocycles. The van der Waals surface area contributed by atoms with Gasteiger partial charge in [-0.3, -0.25) is 14.5 Å². The maximum absolute atomic E-state index is 12.2. The van der Waals surface area contributed by atoms with Gasteiger partial charge in [0.2, 0.25) is 0 Å². The SMILES string of the molecule is C[C@@H]1CCCC[C@@]12NC(=O)N(CC(=O)O)C2=O. The van der Waals surface area contributed by atoms with Gasteiger partial charge in [0.1, 0.15) is 12.1 Å². The van der Waals surface area contributed by atoms with Crippen LogP contribution in [0.3, 0.4) is 0 Å². The van der Waals surface area contributed by atoms with Crippen molar-refractivity contribution in [2.45, 2.75) is 38.1 Å². The first-order chi connectivity index (χ1) is 7.97. The van der Waals surface area contributed by atoms with E-state index in [1.165, 1.54) is 0 Å². The second kappa shape index (κ2) is 4.01. The predicted octanol–water partition coefficient (Wildman–Crippen LogP) is 0.572. The van der Waals surface area contributed by atoms with Gasteiger partial charge in [0.25, 0.3) is 5.91 Å². The third-order valence-electron chi connectivity index (χ3n) is 3.79. The monoisotopic (exact) mass is 240 g/mol. The summed E-state index contributed by atoms with van der Waals surface area (Å²) < 4.78 is 0. The lowest BCUT2D eigenvalue weighted by molar-refractivity contribution is -0.143. The number of nitrogens with one attached hydrogen (secondary N) is 1. The molecule has 1 saturated carbocycles. The Balaban J connectivity index is 2.24. The smallest absolute Gasteiger partial charge is 0.325 e. The number of carbonyl (C=O) groups is 3. The molecule has 6 nitrogen and oxygen atoms in total. The summed E-state index contributed by atoms with van der Waals surface area (Å²) in [6.07, 6.45) is 3.42. The molecule has 1 spiro atoms. The fourth-order valence-electron chi connectivity index (χ4n) is 2.77. The average Bonchev–Trinajstić information content (AvgIpc) is 2.48. The Morgan fingerprint density at radius 3 is 2.82 bits per heavy atom. The Morgan fingerprint density at radius 2 is 2.24 bits per heavy atom. The summed E-state index contributed by atoms with van der Waals surface area (Å²) >= 11 is 0. The average molecular weight is 240 g/mol. The van der Waals surface area contributed by atoms with E-state index in [-0.39, 0.29) is 11.8 Å². The van der Waals surface area contributed by atoms with E-state index in [4.69, 9.17) is 5.11 Å². The first-order valence-electron chi connectivity index (χ1n) is 5.83. The molecule has 0 unspecified atom stereocenters. The van der Waals surface area contributed by atoms with Gasteiger partial charge in [0.05, 0.1) is 0 Å². The second-order valence-corrected chi connectivity index (χ2v) is 4.83. The standard InChI is InChI=1S/C11H16N2O4/c1-7-4-2-3-5-11(7)9(16)13(6-8(14)15)10(17)12-11/h7H,2-6H2,1H3,(H,12,17)(H,14,15)/t7-,11-/m1/s1. The minimum Gasteiger partial charge on any atom is -0.480 e. The van der Waals surface area contributed by atoms with Crippen molar-refractivity contribution in [3.8, 4) is 0 Å². The molecule has 0 aromatic rings. The van der Waals surface area contributed by atoms with E-state index < -0.39 is 24.1 Å². The predicted molar refractivity (Wildman–Crippen MR) is 58.2 cm³/mol. The highest BCUT2D eigenvalue weighted by molar-refractivity contribution is 6.08. The molecular weight excluding hydrogens is 224 g/mol. The van der Waals surface area contributed by atoms with Crippen LogP contribution in [0.15, 0.2) is 0 Å². The van der Waals surface area contributed by atoms with Gasteiger partial charge >= 0.3 is 12.0 Å². The lowest BCUT2D eigenvalue weighted by Crippen LogP contribution is -2.54. The van der Waals surface area contributed by atoms with Crippen LogP contribution in [0.4, 0.5) is 4.79 Å². The van der Waals surface area contributed by atoms with Crippen LogP contribution in [0, 0.1) is 5.92 Å². The lowest BCUT2D eigenvalue weighted by atomic mass is 9.73. The lowest BCUT2D eigenvalue weighted by Gasteiger charge is -2.36. The van der Waals surface area contributed by atoms with Crippen LogP contribution < -0.4 is 5.32 Å². The molecule has 2 fully saturated rings. The summed E-state index contributed by atoms with van der Waals surface area (Å²) in [7, 11) is 0. The fourth-order valence-corrected chi connectivity index (χ4v) is 2.77. The molecule has 2 rings (SSSR count). The van der Waals surface area contributed by atoms with Crippen molar-refractivity contribution in [3.05, 3.63) is 0 Å². The van der Waals surface area contributed by atoms with Crippen molar-refractivity contribution in [2.24, 2.45) is 5.92 Å². The third kappa shape index (κ3) is 1.77. The minimum atomic E-state index is -1.17.